The Bertz CT molecular complexity index is 698. The Balaban J connectivity index is 1.72. The number of aromatic nitrogens is 2. The molecule has 0 saturated heterocycles. The Morgan fingerprint density at radius 1 is 1.38 bits per heavy atom. The Morgan fingerprint density at radius 2 is 2.14 bits per heavy atom. The van der Waals surface area contributed by atoms with E-state index in [4.69, 9.17) is 0 Å². The number of hydrogen-bond donors (Lipinski definition) is 0. The monoisotopic (exact) mass is 291 g/mol. The molecule has 6 heteroatoms. The summed E-state index contributed by atoms with van der Waals surface area (Å²) >= 11 is 0. The zero-order valence-electron chi connectivity index (χ0n) is 11.8. The van der Waals surface area contributed by atoms with Gasteiger partial charge < -0.3 is 4.90 Å². The van der Waals surface area contributed by atoms with Gasteiger partial charge in [-0.15, -0.1) is 0 Å². The number of carbonyl (C=O) groups is 1. The highest BCUT2D eigenvalue weighted by Gasteiger charge is 2.46. The molecular weight excluding hydrogens is 276 g/mol. The van der Waals surface area contributed by atoms with Crippen molar-refractivity contribution in [3.05, 3.63) is 47.8 Å². The molecule has 1 aromatic heterocycles. The average molecular weight is 291 g/mol. The molecule has 1 heterocycles. The molecule has 2 atom stereocenters. The summed E-state index contributed by atoms with van der Waals surface area (Å²) in [7, 11) is 3.41. The Labute approximate surface area is 121 Å². The molecular formula is C15H15F2N3O. The number of hydrogen-bond acceptors (Lipinski definition) is 2. The Morgan fingerprint density at radius 3 is 2.76 bits per heavy atom. The minimum Gasteiger partial charge on any atom is -0.315 e. The summed E-state index contributed by atoms with van der Waals surface area (Å²) in [5, 5.41) is 4.10. The summed E-state index contributed by atoms with van der Waals surface area (Å²) in [6, 6.07) is 3.46. The molecule has 1 aliphatic rings. The van der Waals surface area contributed by atoms with Crippen molar-refractivity contribution in [1.82, 2.24) is 9.78 Å². The molecule has 0 bridgehead atoms. The molecule has 0 aliphatic heterocycles. The van der Waals surface area contributed by atoms with Gasteiger partial charge in [0.15, 0.2) is 11.6 Å². The minimum absolute atomic E-state index is 0.0881. The van der Waals surface area contributed by atoms with Crippen LogP contribution in [0.15, 0.2) is 30.6 Å². The molecule has 4 nitrogen and oxygen atoms in total. The molecule has 2 aromatic rings. The lowest BCUT2D eigenvalue weighted by molar-refractivity contribution is -0.119. The predicted octanol–water partition coefficient (Wildman–Crippen LogP) is 2.46. The van der Waals surface area contributed by atoms with Crippen LogP contribution in [0.25, 0.3) is 0 Å². The average Bonchev–Trinajstić information content (AvgIpc) is 3.15. The highest BCUT2D eigenvalue weighted by atomic mass is 19.2. The molecule has 0 radical (unpaired) electrons. The Hall–Kier alpha value is -2.24. The number of aryl methyl sites for hydroxylation is 1. The molecule has 1 aromatic carbocycles. The zero-order chi connectivity index (χ0) is 15.1. The van der Waals surface area contributed by atoms with Crippen molar-refractivity contribution in [1.29, 1.82) is 0 Å². The van der Waals surface area contributed by atoms with E-state index >= 15 is 0 Å². The first kappa shape index (κ1) is 13.7. The van der Waals surface area contributed by atoms with Crippen LogP contribution in [0.3, 0.4) is 0 Å². The number of nitrogens with zero attached hydrogens (tertiary/aromatic N) is 3. The van der Waals surface area contributed by atoms with Gasteiger partial charge in [0.1, 0.15) is 0 Å². The largest absolute Gasteiger partial charge is 0.315 e. The predicted molar refractivity (Wildman–Crippen MR) is 73.8 cm³/mol. The van der Waals surface area contributed by atoms with Crippen molar-refractivity contribution in [3.8, 4) is 0 Å². The van der Waals surface area contributed by atoms with Crippen molar-refractivity contribution in [2.75, 3.05) is 11.9 Å². The van der Waals surface area contributed by atoms with Crippen molar-refractivity contribution in [2.45, 2.75) is 12.3 Å². The van der Waals surface area contributed by atoms with E-state index in [2.05, 4.69) is 5.10 Å². The summed E-state index contributed by atoms with van der Waals surface area (Å²) in [6.45, 7) is 0. The van der Waals surface area contributed by atoms with Crippen LogP contribution in [0.2, 0.25) is 0 Å². The zero-order valence-corrected chi connectivity index (χ0v) is 11.8. The van der Waals surface area contributed by atoms with Crippen LogP contribution in [0, 0.1) is 17.6 Å². The smallest absolute Gasteiger partial charge is 0.230 e. The first-order valence-electron chi connectivity index (χ1n) is 6.68. The third-order valence-corrected chi connectivity index (χ3v) is 3.88. The standard InChI is InChI=1S/C15H15F2N3O/c1-19-8-9(7-18-19)11-6-12(11)15(21)20(2)10-3-4-13(16)14(17)5-10/h3-5,7-8,11-12H,6H2,1-2H3/t11-,12-/m0/s1. The van der Waals surface area contributed by atoms with E-state index < -0.39 is 11.6 Å². The van der Waals surface area contributed by atoms with Gasteiger partial charge in [-0.05, 0) is 30.0 Å². The molecule has 0 spiro atoms. The minimum atomic E-state index is -0.952. The van der Waals surface area contributed by atoms with Crippen molar-refractivity contribution in [3.63, 3.8) is 0 Å². The summed E-state index contributed by atoms with van der Waals surface area (Å²) in [5.74, 6) is -1.91. The van der Waals surface area contributed by atoms with Crippen LogP contribution in [0.5, 0.6) is 0 Å². The first-order chi connectivity index (χ1) is 9.97. The van der Waals surface area contributed by atoms with E-state index in [9.17, 15) is 13.6 Å². The Kier molecular flexibility index (Phi) is 3.23. The summed E-state index contributed by atoms with van der Waals surface area (Å²) < 4.78 is 27.9. The maximum atomic E-state index is 13.2. The summed E-state index contributed by atoms with van der Waals surface area (Å²) in [5.41, 5.74) is 1.39. The van der Waals surface area contributed by atoms with Gasteiger partial charge in [0.05, 0.1) is 6.20 Å². The SMILES string of the molecule is CN(C(=O)[C@H]1C[C@H]1c1cnn(C)c1)c1ccc(F)c(F)c1. The van der Waals surface area contributed by atoms with Crippen LogP contribution < -0.4 is 4.90 Å². The fourth-order valence-corrected chi connectivity index (χ4v) is 2.54. The van der Waals surface area contributed by atoms with Gasteiger partial charge in [0.2, 0.25) is 5.91 Å². The van der Waals surface area contributed by atoms with Crippen LogP contribution in [0.1, 0.15) is 17.9 Å². The molecule has 21 heavy (non-hydrogen) atoms. The van der Waals surface area contributed by atoms with Gasteiger partial charge >= 0.3 is 0 Å². The highest BCUT2D eigenvalue weighted by Crippen LogP contribution is 2.48. The third kappa shape index (κ3) is 2.53. The first-order valence-corrected chi connectivity index (χ1v) is 6.68. The van der Waals surface area contributed by atoms with Crippen molar-refractivity contribution < 1.29 is 13.6 Å². The van der Waals surface area contributed by atoms with Gasteiger partial charge in [-0.25, -0.2) is 8.78 Å². The van der Waals surface area contributed by atoms with Gasteiger partial charge in [-0.3, -0.25) is 9.48 Å². The second-order valence-electron chi connectivity index (χ2n) is 5.39. The maximum absolute atomic E-state index is 13.2. The maximum Gasteiger partial charge on any atom is 0.230 e. The lowest BCUT2D eigenvalue weighted by Gasteiger charge is -2.17. The fourth-order valence-electron chi connectivity index (χ4n) is 2.54. The van der Waals surface area contributed by atoms with Crippen molar-refractivity contribution in [2.24, 2.45) is 13.0 Å². The van der Waals surface area contributed by atoms with Crippen molar-refractivity contribution >= 4 is 11.6 Å². The number of amides is 1. The fraction of sp³-hybridized carbons (Fsp3) is 0.333. The number of carbonyl (C=O) groups excluding carboxylic acids is 1. The second-order valence-corrected chi connectivity index (χ2v) is 5.39. The van der Waals surface area contributed by atoms with Crippen LogP contribution >= 0.6 is 0 Å². The molecule has 110 valence electrons. The number of rotatable bonds is 3. The number of anilines is 1. The van der Waals surface area contributed by atoms with Gasteiger partial charge in [0, 0.05) is 38.0 Å². The van der Waals surface area contributed by atoms with E-state index in [0.717, 1.165) is 24.1 Å². The van der Waals surface area contributed by atoms with E-state index in [0.29, 0.717) is 5.69 Å². The second kappa shape index (κ2) is 4.95. The third-order valence-electron chi connectivity index (χ3n) is 3.88. The van der Waals surface area contributed by atoms with E-state index in [1.165, 1.54) is 11.0 Å². The lowest BCUT2D eigenvalue weighted by Crippen LogP contribution is -2.28. The van der Waals surface area contributed by atoms with Crippen LogP contribution in [-0.2, 0) is 11.8 Å². The number of benzene rings is 1. The van der Waals surface area contributed by atoms with E-state index in [1.54, 1.807) is 17.9 Å². The van der Waals surface area contributed by atoms with Gasteiger partial charge in [-0.2, -0.15) is 5.10 Å². The van der Waals surface area contributed by atoms with E-state index in [1.807, 2.05) is 13.2 Å². The molecule has 3 rings (SSSR count). The normalized spacial score (nSPS) is 20.4. The summed E-state index contributed by atoms with van der Waals surface area (Å²) in [4.78, 5) is 13.8. The van der Waals surface area contributed by atoms with Gasteiger partial charge in [0.25, 0.3) is 0 Å². The number of halogens is 2. The quantitative estimate of drug-likeness (QED) is 0.871. The molecule has 0 unspecified atom stereocenters. The van der Waals surface area contributed by atoms with Gasteiger partial charge in [-0.1, -0.05) is 0 Å². The molecule has 0 N–H and O–H groups in total. The van der Waals surface area contributed by atoms with E-state index in [-0.39, 0.29) is 17.7 Å². The molecule has 1 fully saturated rings. The molecule has 1 amide bonds. The topological polar surface area (TPSA) is 38.1 Å². The van der Waals surface area contributed by atoms with Crippen LogP contribution in [-0.4, -0.2) is 22.7 Å². The summed E-state index contributed by atoms with van der Waals surface area (Å²) in [6.07, 6.45) is 4.42. The lowest BCUT2D eigenvalue weighted by atomic mass is 10.2. The highest BCUT2D eigenvalue weighted by molar-refractivity contribution is 5.97. The van der Waals surface area contributed by atoms with Crippen LogP contribution in [0.4, 0.5) is 14.5 Å². The molecule has 1 saturated carbocycles. The molecule has 1 aliphatic carbocycles.